The van der Waals surface area contributed by atoms with E-state index in [2.05, 4.69) is 21.3 Å². The van der Waals surface area contributed by atoms with Gasteiger partial charge in [-0.15, -0.1) is 0 Å². The molecule has 0 radical (unpaired) electrons. The molecule has 0 bridgehead atoms. The maximum absolute atomic E-state index is 13.6. The monoisotopic (exact) mass is 695 g/mol. The van der Waals surface area contributed by atoms with E-state index in [9.17, 15) is 38.7 Å². The summed E-state index contributed by atoms with van der Waals surface area (Å²) in [4.78, 5) is 86.1. The zero-order chi connectivity index (χ0) is 36.7. The zero-order valence-electron chi connectivity index (χ0n) is 28.2. The topological polar surface area (TPSA) is 234 Å². The van der Waals surface area contributed by atoms with Crippen molar-refractivity contribution >= 4 is 41.4 Å². The summed E-state index contributed by atoms with van der Waals surface area (Å²) >= 11 is 0. The predicted molar refractivity (Wildman–Crippen MR) is 185 cm³/mol. The Morgan fingerprint density at radius 1 is 0.660 bits per heavy atom. The largest absolute Gasteiger partial charge is 0.481 e. The molecule has 2 rings (SSSR count). The Hall–Kier alpha value is -5.11. The standard InChI is InChI=1S/C36H49N5O9/c37-19-7-15-31(43)30(23-26-12-5-2-6-13-26)40-34(47)27(22-25-10-3-1-4-11-25)24-28(42)14-8-20-38-32(44)18-17-29(35(48)49)41-36(50)39-21-9-16-33(45)46/h1-6,10-13,27,29-30H,7-9,14-24,37H2,(H,38,44)(H,40,47)(H,45,46)(H,48,49)(H2,39,41,50)/t27-,29?,30+/m1/s1. The van der Waals surface area contributed by atoms with Crippen molar-refractivity contribution in [3.63, 3.8) is 0 Å². The summed E-state index contributed by atoms with van der Waals surface area (Å²) in [6.07, 6.45) is 1.29. The molecule has 2 aromatic carbocycles. The normalized spacial score (nSPS) is 12.5. The van der Waals surface area contributed by atoms with Crippen molar-refractivity contribution in [2.45, 2.75) is 82.7 Å². The van der Waals surface area contributed by atoms with Crippen molar-refractivity contribution in [3.05, 3.63) is 71.8 Å². The number of hydrogen-bond donors (Lipinski definition) is 7. The zero-order valence-corrected chi connectivity index (χ0v) is 28.2. The molecule has 0 aliphatic rings. The van der Waals surface area contributed by atoms with E-state index in [4.69, 9.17) is 10.8 Å². The summed E-state index contributed by atoms with van der Waals surface area (Å²) in [7, 11) is 0. The van der Waals surface area contributed by atoms with Crippen molar-refractivity contribution in [1.82, 2.24) is 21.3 Å². The van der Waals surface area contributed by atoms with Crippen molar-refractivity contribution < 1.29 is 43.8 Å². The number of nitrogens with one attached hydrogen (secondary N) is 4. The quantitative estimate of drug-likeness (QED) is 0.0748. The van der Waals surface area contributed by atoms with Gasteiger partial charge in [-0.2, -0.15) is 0 Å². The Morgan fingerprint density at radius 2 is 1.26 bits per heavy atom. The lowest BCUT2D eigenvalue weighted by Crippen LogP contribution is -2.46. The number of nitrogens with two attached hydrogens (primary N) is 1. The summed E-state index contributed by atoms with van der Waals surface area (Å²) < 4.78 is 0. The number of Topliss-reactive ketones (excluding diaryl/α,β-unsaturated/α-hetero) is 2. The fourth-order valence-corrected chi connectivity index (χ4v) is 5.15. The number of amides is 4. The van der Waals surface area contributed by atoms with E-state index in [0.29, 0.717) is 25.8 Å². The van der Waals surface area contributed by atoms with Crippen LogP contribution in [-0.4, -0.2) is 83.3 Å². The van der Waals surface area contributed by atoms with E-state index in [0.717, 1.165) is 11.1 Å². The highest BCUT2D eigenvalue weighted by Crippen LogP contribution is 2.17. The SMILES string of the molecule is NCCCC(=O)[C@H](Cc1ccccc1)NC(=O)[C@@H](CC(=O)CCCNC(=O)CCC(NC(=O)NCCCC(=O)O)C(=O)O)Cc1ccccc1. The first-order valence-corrected chi connectivity index (χ1v) is 16.9. The number of urea groups is 1. The van der Waals surface area contributed by atoms with Gasteiger partial charge in [0, 0.05) is 51.1 Å². The van der Waals surface area contributed by atoms with Crippen molar-refractivity contribution in [2.24, 2.45) is 11.7 Å². The molecule has 4 amide bonds. The number of carbonyl (C=O) groups excluding carboxylic acids is 5. The summed E-state index contributed by atoms with van der Waals surface area (Å²) in [5.74, 6) is -4.24. The van der Waals surface area contributed by atoms with Gasteiger partial charge in [0.2, 0.25) is 11.8 Å². The van der Waals surface area contributed by atoms with Gasteiger partial charge >= 0.3 is 18.0 Å². The molecular weight excluding hydrogens is 646 g/mol. The first-order chi connectivity index (χ1) is 24.0. The summed E-state index contributed by atoms with van der Waals surface area (Å²) in [5, 5.41) is 28.2. The molecule has 1 unspecified atom stereocenters. The smallest absolute Gasteiger partial charge is 0.326 e. The molecule has 272 valence electrons. The number of ketones is 2. The van der Waals surface area contributed by atoms with E-state index < -0.39 is 47.8 Å². The first kappa shape index (κ1) is 41.1. The Balaban J connectivity index is 1.90. The third kappa shape index (κ3) is 17.3. The highest BCUT2D eigenvalue weighted by molar-refractivity contribution is 5.92. The van der Waals surface area contributed by atoms with E-state index in [1.165, 1.54) is 0 Å². The molecule has 14 nitrogen and oxygen atoms in total. The minimum Gasteiger partial charge on any atom is -0.481 e. The molecule has 0 saturated carbocycles. The molecule has 0 saturated heterocycles. The lowest BCUT2D eigenvalue weighted by molar-refractivity contribution is -0.139. The number of hydrogen-bond acceptors (Lipinski definition) is 8. The molecule has 0 aromatic heterocycles. The van der Waals surface area contributed by atoms with Gasteiger partial charge in [0.1, 0.15) is 11.8 Å². The molecule has 0 aliphatic carbocycles. The van der Waals surface area contributed by atoms with Crippen LogP contribution in [0.4, 0.5) is 4.79 Å². The minimum absolute atomic E-state index is 0.0467. The summed E-state index contributed by atoms with van der Waals surface area (Å²) in [6, 6.07) is 15.7. The van der Waals surface area contributed by atoms with Gasteiger partial charge in [0.15, 0.2) is 5.78 Å². The Bertz CT molecular complexity index is 1410. The van der Waals surface area contributed by atoms with E-state index in [-0.39, 0.29) is 76.0 Å². The van der Waals surface area contributed by atoms with Crippen LogP contribution in [0.5, 0.6) is 0 Å². The van der Waals surface area contributed by atoms with Crippen LogP contribution in [-0.2, 0) is 41.6 Å². The average Bonchev–Trinajstić information content (AvgIpc) is 3.09. The van der Waals surface area contributed by atoms with E-state index in [1.54, 1.807) is 0 Å². The van der Waals surface area contributed by atoms with Gasteiger partial charge in [-0.1, -0.05) is 60.7 Å². The van der Waals surface area contributed by atoms with Crippen LogP contribution in [0.3, 0.4) is 0 Å². The number of aliphatic carboxylic acids is 2. The number of benzene rings is 2. The van der Waals surface area contributed by atoms with Crippen LogP contribution in [0, 0.1) is 5.92 Å². The molecule has 2 aromatic rings. The Kier molecular flexibility index (Phi) is 19.1. The maximum Gasteiger partial charge on any atom is 0.326 e. The summed E-state index contributed by atoms with van der Waals surface area (Å²) in [6.45, 7) is 0.538. The third-order valence-corrected chi connectivity index (χ3v) is 7.86. The molecule has 14 heteroatoms. The van der Waals surface area contributed by atoms with Crippen molar-refractivity contribution in [2.75, 3.05) is 19.6 Å². The molecule has 50 heavy (non-hydrogen) atoms. The molecule has 0 spiro atoms. The molecule has 0 fully saturated rings. The van der Waals surface area contributed by atoms with Crippen molar-refractivity contribution in [3.8, 4) is 0 Å². The maximum atomic E-state index is 13.6. The van der Waals surface area contributed by atoms with Gasteiger partial charge in [0.25, 0.3) is 0 Å². The highest BCUT2D eigenvalue weighted by atomic mass is 16.4. The third-order valence-electron chi connectivity index (χ3n) is 7.86. The molecular formula is C36H49N5O9. The second-order valence-corrected chi connectivity index (χ2v) is 12.0. The van der Waals surface area contributed by atoms with Gasteiger partial charge in [-0.3, -0.25) is 24.0 Å². The minimum atomic E-state index is -1.34. The first-order valence-electron chi connectivity index (χ1n) is 16.9. The molecule has 8 N–H and O–H groups in total. The van der Waals surface area contributed by atoms with E-state index >= 15 is 0 Å². The molecule has 3 atom stereocenters. The van der Waals surface area contributed by atoms with Crippen LogP contribution in [0.25, 0.3) is 0 Å². The fraction of sp³-hybridized carbons (Fsp3) is 0.472. The van der Waals surface area contributed by atoms with Gasteiger partial charge < -0.3 is 37.2 Å². The lowest BCUT2D eigenvalue weighted by Gasteiger charge is -2.22. The van der Waals surface area contributed by atoms with Gasteiger partial charge in [-0.05, 0) is 56.2 Å². The predicted octanol–water partition coefficient (Wildman–Crippen LogP) is 2.13. The van der Waals surface area contributed by atoms with Crippen LogP contribution in [0.1, 0.15) is 68.9 Å². The van der Waals surface area contributed by atoms with Crippen molar-refractivity contribution in [1.29, 1.82) is 0 Å². The molecule has 0 heterocycles. The Labute approximate surface area is 292 Å². The highest BCUT2D eigenvalue weighted by Gasteiger charge is 2.27. The lowest BCUT2D eigenvalue weighted by atomic mass is 9.91. The average molecular weight is 696 g/mol. The van der Waals surface area contributed by atoms with Crippen LogP contribution < -0.4 is 27.0 Å². The van der Waals surface area contributed by atoms with E-state index in [1.807, 2.05) is 60.7 Å². The molecule has 0 aliphatic heterocycles. The Morgan fingerprint density at radius 3 is 1.86 bits per heavy atom. The summed E-state index contributed by atoms with van der Waals surface area (Å²) in [5.41, 5.74) is 7.37. The second kappa shape index (κ2) is 23.3. The second-order valence-electron chi connectivity index (χ2n) is 12.0. The van der Waals surface area contributed by atoms with Gasteiger partial charge in [-0.25, -0.2) is 9.59 Å². The van der Waals surface area contributed by atoms with Gasteiger partial charge in [0.05, 0.1) is 6.04 Å². The number of carboxylic acid groups (broad SMARTS) is 2. The number of rotatable bonds is 25. The number of carboxylic acids is 2. The van der Waals surface area contributed by atoms with Crippen LogP contribution >= 0.6 is 0 Å². The fourth-order valence-electron chi connectivity index (χ4n) is 5.15. The van der Waals surface area contributed by atoms with Crippen LogP contribution in [0.15, 0.2) is 60.7 Å². The van der Waals surface area contributed by atoms with Crippen LogP contribution in [0.2, 0.25) is 0 Å². The number of carbonyl (C=O) groups is 7.